The van der Waals surface area contributed by atoms with E-state index in [0.717, 1.165) is 12.5 Å². The molecule has 1 saturated heterocycles. The molecule has 0 N–H and O–H groups in total. The molecule has 10 heteroatoms. The van der Waals surface area contributed by atoms with E-state index in [9.17, 15) is 18.0 Å². The third-order valence-electron chi connectivity index (χ3n) is 3.96. The number of benzene rings is 1. The lowest BCUT2D eigenvalue weighted by atomic mass is 10.2. The second-order valence-electron chi connectivity index (χ2n) is 7.33. The zero-order chi connectivity index (χ0) is 20.5. The van der Waals surface area contributed by atoms with Crippen LogP contribution in [0.25, 0.3) is 11.5 Å². The summed E-state index contributed by atoms with van der Waals surface area (Å²) in [6, 6.07) is 5.02. The quantitative estimate of drug-likeness (QED) is 0.744. The Labute approximate surface area is 159 Å². The van der Waals surface area contributed by atoms with Gasteiger partial charge in [-0.1, -0.05) is 17.3 Å². The van der Waals surface area contributed by atoms with Gasteiger partial charge in [0.25, 0.3) is 5.89 Å². The van der Waals surface area contributed by atoms with Gasteiger partial charge < -0.3 is 14.0 Å². The molecule has 0 saturated carbocycles. The number of alkyl halides is 3. The largest absolute Gasteiger partial charge is 0.573 e. The fourth-order valence-corrected chi connectivity index (χ4v) is 2.91. The number of aromatic nitrogens is 2. The van der Waals surface area contributed by atoms with Crippen LogP contribution in [-0.4, -0.2) is 39.6 Å². The number of hydrogen-bond donors (Lipinski definition) is 0. The number of para-hydroxylation sites is 1. The summed E-state index contributed by atoms with van der Waals surface area (Å²) in [6.07, 6.45) is -4.03. The van der Waals surface area contributed by atoms with Crippen molar-refractivity contribution in [2.45, 2.75) is 51.6 Å². The number of likely N-dealkylation sites (tertiary alicyclic amines) is 1. The molecule has 0 radical (unpaired) electrons. The molecule has 1 aromatic heterocycles. The monoisotopic (exact) mass is 399 g/mol. The Hall–Kier alpha value is -2.78. The van der Waals surface area contributed by atoms with E-state index in [1.54, 1.807) is 20.8 Å². The molecule has 1 aromatic carbocycles. The second-order valence-corrected chi connectivity index (χ2v) is 7.33. The van der Waals surface area contributed by atoms with Crippen LogP contribution in [0.2, 0.25) is 0 Å². The van der Waals surface area contributed by atoms with Gasteiger partial charge in [-0.3, -0.25) is 4.90 Å². The van der Waals surface area contributed by atoms with Crippen molar-refractivity contribution < 1.29 is 32.0 Å². The van der Waals surface area contributed by atoms with E-state index in [4.69, 9.17) is 9.26 Å². The molecular formula is C18H20F3N3O4. The maximum Gasteiger partial charge on any atom is 0.573 e. The summed E-state index contributed by atoms with van der Waals surface area (Å²) in [5, 5.41) is 3.87. The third kappa shape index (κ3) is 4.73. The topological polar surface area (TPSA) is 77.7 Å². The average molecular weight is 399 g/mol. The van der Waals surface area contributed by atoms with Crippen molar-refractivity contribution in [1.82, 2.24) is 15.0 Å². The van der Waals surface area contributed by atoms with Crippen LogP contribution in [0.15, 0.2) is 28.8 Å². The predicted octanol–water partition coefficient (Wildman–Crippen LogP) is 4.71. The van der Waals surface area contributed by atoms with E-state index >= 15 is 0 Å². The zero-order valence-corrected chi connectivity index (χ0v) is 15.6. The van der Waals surface area contributed by atoms with Crippen molar-refractivity contribution in [3.63, 3.8) is 0 Å². The van der Waals surface area contributed by atoms with E-state index in [0.29, 0.717) is 13.0 Å². The number of ether oxygens (including phenoxy) is 2. The Morgan fingerprint density at radius 2 is 1.96 bits per heavy atom. The van der Waals surface area contributed by atoms with E-state index in [-0.39, 0.29) is 17.3 Å². The normalized spacial score (nSPS) is 17.6. The maximum atomic E-state index is 12.6. The van der Waals surface area contributed by atoms with Crippen molar-refractivity contribution in [1.29, 1.82) is 0 Å². The van der Waals surface area contributed by atoms with Gasteiger partial charge in [0.05, 0.1) is 11.6 Å². The molecular weight excluding hydrogens is 379 g/mol. The SMILES string of the molecule is CC(C)(C)OC(=O)N1CCC[C@H]1c1noc(-c2ccccc2OC(F)(F)F)n1. The van der Waals surface area contributed by atoms with Crippen LogP contribution in [0.5, 0.6) is 5.75 Å². The summed E-state index contributed by atoms with van der Waals surface area (Å²) in [4.78, 5) is 18.1. The number of amides is 1. The Kier molecular flexibility index (Phi) is 5.22. The molecule has 0 bridgehead atoms. The molecule has 152 valence electrons. The lowest BCUT2D eigenvalue weighted by Crippen LogP contribution is -2.36. The highest BCUT2D eigenvalue weighted by molar-refractivity contribution is 5.69. The summed E-state index contributed by atoms with van der Waals surface area (Å²) >= 11 is 0. The smallest absolute Gasteiger partial charge is 0.444 e. The first-order chi connectivity index (χ1) is 13.0. The second kappa shape index (κ2) is 7.33. The van der Waals surface area contributed by atoms with E-state index in [2.05, 4.69) is 14.9 Å². The summed E-state index contributed by atoms with van der Waals surface area (Å²) in [6.45, 7) is 5.76. The molecule has 1 atom stereocenters. The van der Waals surface area contributed by atoms with Crippen LogP contribution in [0.4, 0.5) is 18.0 Å². The molecule has 1 aliphatic rings. The van der Waals surface area contributed by atoms with Gasteiger partial charge in [-0.05, 0) is 45.7 Å². The molecule has 2 aromatic rings. The van der Waals surface area contributed by atoms with Crippen LogP contribution in [-0.2, 0) is 4.74 Å². The molecule has 3 rings (SSSR count). The average Bonchev–Trinajstić information content (AvgIpc) is 3.21. The first kappa shape index (κ1) is 20.0. The highest BCUT2D eigenvalue weighted by atomic mass is 19.4. The number of hydrogen-bond acceptors (Lipinski definition) is 6. The molecule has 2 heterocycles. The number of carbonyl (C=O) groups excluding carboxylic acids is 1. The fourth-order valence-electron chi connectivity index (χ4n) is 2.91. The molecule has 0 unspecified atom stereocenters. The standard InChI is InChI=1S/C18H20F3N3O4/c1-17(2,3)27-16(25)24-10-6-8-12(24)14-22-15(28-23-14)11-7-4-5-9-13(11)26-18(19,20)21/h4-5,7,9,12H,6,8,10H2,1-3H3/t12-/m0/s1. The minimum atomic E-state index is -4.85. The molecule has 1 amide bonds. The highest BCUT2D eigenvalue weighted by Gasteiger charge is 2.37. The number of nitrogens with zero attached hydrogens (tertiary/aromatic N) is 3. The van der Waals surface area contributed by atoms with Crippen molar-refractivity contribution in [3.05, 3.63) is 30.1 Å². The number of halogens is 3. The van der Waals surface area contributed by atoms with E-state index in [1.165, 1.54) is 23.1 Å². The Morgan fingerprint density at radius 3 is 2.64 bits per heavy atom. The van der Waals surface area contributed by atoms with E-state index < -0.39 is 29.8 Å². The lowest BCUT2D eigenvalue weighted by Gasteiger charge is -2.27. The Bertz CT molecular complexity index is 845. The number of carbonyl (C=O) groups is 1. The van der Waals surface area contributed by atoms with Crippen molar-refractivity contribution in [3.8, 4) is 17.2 Å². The number of rotatable bonds is 3. The van der Waals surface area contributed by atoms with Gasteiger partial charge in [0.2, 0.25) is 0 Å². The highest BCUT2D eigenvalue weighted by Crippen LogP contribution is 2.36. The minimum absolute atomic E-state index is 0.0142. The predicted molar refractivity (Wildman–Crippen MR) is 91.3 cm³/mol. The Balaban J connectivity index is 1.84. The van der Waals surface area contributed by atoms with Crippen LogP contribution < -0.4 is 4.74 Å². The van der Waals surface area contributed by atoms with Gasteiger partial charge in [0, 0.05) is 6.54 Å². The van der Waals surface area contributed by atoms with Crippen molar-refractivity contribution in [2.75, 3.05) is 6.54 Å². The van der Waals surface area contributed by atoms with Gasteiger partial charge >= 0.3 is 12.5 Å². The van der Waals surface area contributed by atoms with Crippen LogP contribution in [0.1, 0.15) is 45.5 Å². The first-order valence-corrected chi connectivity index (χ1v) is 8.72. The zero-order valence-electron chi connectivity index (χ0n) is 15.6. The Morgan fingerprint density at radius 1 is 1.25 bits per heavy atom. The van der Waals surface area contributed by atoms with Gasteiger partial charge in [0.1, 0.15) is 11.4 Å². The third-order valence-corrected chi connectivity index (χ3v) is 3.96. The van der Waals surface area contributed by atoms with E-state index in [1.807, 2.05) is 0 Å². The van der Waals surface area contributed by atoms with Gasteiger partial charge in [-0.2, -0.15) is 4.98 Å². The summed E-state index contributed by atoms with van der Waals surface area (Å²) in [7, 11) is 0. The molecule has 28 heavy (non-hydrogen) atoms. The van der Waals surface area contributed by atoms with Crippen LogP contribution >= 0.6 is 0 Å². The molecule has 0 aliphatic carbocycles. The van der Waals surface area contributed by atoms with Gasteiger partial charge in [-0.25, -0.2) is 4.79 Å². The first-order valence-electron chi connectivity index (χ1n) is 8.72. The van der Waals surface area contributed by atoms with Crippen LogP contribution in [0.3, 0.4) is 0 Å². The summed E-state index contributed by atoms with van der Waals surface area (Å²) in [5.41, 5.74) is -0.638. The minimum Gasteiger partial charge on any atom is -0.444 e. The van der Waals surface area contributed by atoms with Crippen molar-refractivity contribution in [2.24, 2.45) is 0 Å². The van der Waals surface area contributed by atoms with Gasteiger partial charge in [0.15, 0.2) is 5.82 Å². The molecule has 1 fully saturated rings. The summed E-state index contributed by atoms with van der Waals surface area (Å²) < 4.78 is 52.4. The van der Waals surface area contributed by atoms with Crippen LogP contribution in [0, 0.1) is 0 Å². The fraction of sp³-hybridized carbons (Fsp3) is 0.500. The van der Waals surface area contributed by atoms with Gasteiger partial charge in [-0.15, -0.1) is 13.2 Å². The maximum absolute atomic E-state index is 12.6. The molecule has 1 aliphatic heterocycles. The van der Waals surface area contributed by atoms with Crippen molar-refractivity contribution >= 4 is 6.09 Å². The molecule has 0 spiro atoms. The molecule has 7 nitrogen and oxygen atoms in total. The lowest BCUT2D eigenvalue weighted by molar-refractivity contribution is -0.274. The summed E-state index contributed by atoms with van der Waals surface area (Å²) in [5.74, 6) is -0.355.